The molecule has 1 saturated carbocycles. The fourth-order valence-corrected chi connectivity index (χ4v) is 1.91. The number of nitrogens with one attached hydrogen (secondary N) is 1. The van der Waals surface area contributed by atoms with E-state index in [2.05, 4.69) is 10.3 Å². The fraction of sp³-hybridized carbons (Fsp3) is 0.571. The third-order valence-corrected chi connectivity index (χ3v) is 3.62. The molecule has 0 saturated heterocycles. The number of aromatic nitrogens is 1. The summed E-state index contributed by atoms with van der Waals surface area (Å²) in [5.41, 5.74) is 0.977. The van der Waals surface area contributed by atoms with E-state index in [4.69, 9.17) is 5.11 Å². The van der Waals surface area contributed by atoms with E-state index < -0.39 is 5.97 Å². The summed E-state index contributed by atoms with van der Waals surface area (Å²) in [6, 6.07) is 3.15. The van der Waals surface area contributed by atoms with E-state index in [9.17, 15) is 9.90 Å². The summed E-state index contributed by atoms with van der Waals surface area (Å²) in [6.45, 7) is 4.76. The highest BCUT2D eigenvalue weighted by Crippen LogP contribution is 2.44. The molecule has 1 aliphatic rings. The number of pyridine rings is 1. The monoisotopic (exact) mass is 264 g/mol. The van der Waals surface area contributed by atoms with Crippen LogP contribution in [-0.2, 0) is 0 Å². The van der Waals surface area contributed by atoms with Gasteiger partial charge in [-0.1, -0.05) is 13.8 Å². The lowest BCUT2D eigenvalue weighted by molar-refractivity contribution is 0.0696. The van der Waals surface area contributed by atoms with Crippen molar-refractivity contribution in [3.63, 3.8) is 0 Å². The van der Waals surface area contributed by atoms with E-state index in [1.165, 1.54) is 0 Å². The molecule has 0 aliphatic heterocycles. The predicted molar refractivity (Wildman–Crippen MR) is 72.5 cm³/mol. The Kier molecular flexibility index (Phi) is 3.75. The second-order valence-corrected chi connectivity index (χ2v) is 5.64. The van der Waals surface area contributed by atoms with Gasteiger partial charge in [-0.15, -0.1) is 0 Å². The number of anilines is 1. The van der Waals surface area contributed by atoms with Crippen molar-refractivity contribution in [2.75, 3.05) is 18.5 Å². The van der Waals surface area contributed by atoms with Crippen LogP contribution in [0.25, 0.3) is 0 Å². The van der Waals surface area contributed by atoms with Gasteiger partial charge in [-0.3, -0.25) is 0 Å². The van der Waals surface area contributed by atoms with Crippen LogP contribution in [-0.4, -0.2) is 34.3 Å². The zero-order valence-corrected chi connectivity index (χ0v) is 11.3. The molecule has 2 rings (SSSR count). The van der Waals surface area contributed by atoms with Gasteiger partial charge in [0.25, 0.3) is 0 Å². The van der Waals surface area contributed by atoms with Gasteiger partial charge < -0.3 is 15.5 Å². The summed E-state index contributed by atoms with van der Waals surface area (Å²) >= 11 is 0. The first-order chi connectivity index (χ1) is 8.96. The second-order valence-electron chi connectivity index (χ2n) is 5.64. The van der Waals surface area contributed by atoms with Crippen LogP contribution in [0, 0.1) is 5.41 Å². The van der Waals surface area contributed by atoms with Crippen molar-refractivity contribution in [2.24, 2.45) is 5.41 Å². The van der Waals surface area contributed by atoms with Gasteiger partial charge in [0.1, 0.15) is 5.82 Å². The van der Waals surface area contributed by atoms with E-state index >= 15 is 0 Å². The number of hydrogen-bond acceptors (Lipinski definition) is 4. The van der Waals surface area contributed by atoms with Crippen LogP contribution in [0.3, 0.4) is 0 Å². The van der Waals surface area contributed by atoms with Crippen LogP contribution in [0.4, 0.5) is 5.82 Å². The highest BCUT2D eigenvalue weighted by Gasteiger charge is 2.41. The zero-order valence-electron chi connectivity index (χ0n) is 11.3. The molecule has 0 amide bonds. The van der Waals surface area contributed by atoms with Crippen LogP contribution in [0.15, 0.2) is 12.1 Å². The average Bonchev–Trinajstić information content (AvgIpc) is 3.16. The number of carboxylic acid groups (broad SMARTS) is 1. The van der Waals surface area contributed by atoms with E-state index in [0.29, 0.717) is 12.4 Å². The number of aliphatic hydroxyl groups excluding tert-OH is 1. The molecule has 1 fully saturated rings. The van der Waals surface area contributed by atoms with Crippen LogP contribution in [0.5, 0.6) is 0 Å². The maximum Gasteiger partial charge on any atom is 0.335 e. The largest absolute Gasteiger partial charge is 0.478 e. The molecular weight excluding hydrogens is 244 g/mol. The molecule has 1 aromatic rings. The van der Waals surface area contributed by atoms with Crippen molar-refractivity contribution in [3.8, 4) is 0 Å². The summed E-state index contributed by atoms with van der Waals surface area (Å²) in [4.78, 5) is 15.5. The second kappa shape index (κ2) is 5.17. The Hall–Kier alpha value is -1.62. The molecular formula is C14H20N2O3. The van der Waals surface area contributed by atoms with E-state index in [-0.39, 0.29) is 23.5 Å². The summed E-state index contributed by atoms with van der Waals surface area (Å²) in [6.07, 6.45) is 2.01. The molecule has 0 bridgehead atoms. The zero-order chi connectivity index (χ0) is 14.0. The first kappa shape index (κ1) is 13.8. The van der Waals surface area contributed by atoms with Gasteiger partial charge in [0, 0.05) is 17.7 Å². The van der Waals surface area contributed by atoms with Gasteiger partial charge in [0.05, 0.1) is 12.2 Å². The van der Waals surface area contributed by atoms with Crippen molar-refractivity contribution in [3.05, 3.63) is 23.4 Å². The Morgan fingerprint density at radius 1 is 1.47 bits per heavy atom. The van der Waals surface area contributed by atoms with Gasteiger partial charge in [0.15, 0.2) is 0 Å². The molecule has 1 heterocycles. The molecule has 0 spiro atoms. The van der Waals surface area contributed by atoms with Gasteiger partial charge in [-0.2, -0.15) is 0 Å². The molecule has 0 radical (unpaired) electrons. The SMILES string of the molecule is CC(C)c1cc(C(=O)O)cc(NCC2(CO)CC2)n1. The van der Waals surface area contributed by atoms with Crippen molar-refractivity contribution < 1.29 is 15.0 Å². The molecule has 1 aliphatic carbocycles. The molecule has 19 heavy (non-hydrogen) atoms. The quantitative estimate of drug-likeness (QED) is 0.733. The summed E-state index contributed by atoms with van der Waals surface area (Å²) in [5.74, 6) is -0.202. The molecule has 5 heteroatoms. The Morgan fingerprint density at radius 2 is 2.16 bits per heavy atom. The summed E-state index contributed by atoms with van der Waals surface area (Å²) < 4.78 is 0. The maximum absolute atomic E-state index is 11.1. The number of aromatic carboxylic acids is 1. The molecule has 1 aromatic heterocycles. The highest BCUT2D eigenvalue weighted by atomic mass is 16.4. The maximum atomic E-state index is 11.1. The first-order valence-electron chi connectivity index (χ1n) is 6.56. The van der Waals surface area contributed by atoms with E-state index in [0.717, 1.165) is 18.5 Å². The molecule has 0 unspecified atom stereocenters. The van der Waals surface area contributed by atoms with Gasteiger partial charge in [-0.05, 0) is 30.9 Å². The normalized spacial score (nSPS) is 16.4. The molecule has 3 N–H and O–H groups in total. The lowest BCUT2D eigenvalue weighted by Gasteiger charge is -2.15. The fourth-order valence-electron chi connectivity index (χ4n) is 1.91. The number of rotatable bonds is 6. The smallest absolute Gasteiger partial charge is 0.335 e. The molecule has 104 valence electrons. The predicted octanol–water partition coefficient (Wildman–Crippen LogP) is 2.09. The number of aliphatic hydroxyl groups is 1. The Balaban J connectivity index is 2.16. The lowest BCUT2D eigenvalue weighted by Crippen LogP contribution is -2.20. The average molecular weight is 264 g/mol. The van der Waals surface area contributed by atoms with E-state index in [1.54, 1.807) is 12.1 Å². The van der Waals surface area contributed by atoms with Gasteiger partial charge in [-0.25, -0.2) is 9.78 Å². The third-order valence-electron chi connectivity index (χ3n) is 3.62. The van der Waals surface area contributed by atoms with Gasteiger partial charge >= 0.3 is 5.97 Å². The number of carbonyl (C=O) groups is 1. The minimum Gasteiger partial charge on any atom is -0.478 e. The Labute approximate surface area is 112 Å². The lowest BCUT2D eigenvalue weighted by atomic mass is 10.1. The molecule has 5 nitrogen and oxygen atoms in total. The summed E-state index contributed by atoms with van der Waals surface area (Å²) in [5, 5.41) is 21.5. The van der Waals surface area contributed by atoms with Crippen LogP contribution in [0.2, 0.25) is 0 Å². The van der Waals surface area contributed by atoms with Crippen molar-refractivity contribution >= 4 is 11.8 Å². The van der Waals surface area contributed by atoms with Crippen molar-refractivity contribution in [2.45, 2.75) is 32.6 Å². The third kappa shape index (κ3) is 3.23. The minimum absolute atomic E-state index is 0.0289. The van der Waals surface area contributed by atoms with Crippen molar-refractivity contribution in [1.29, 1.82) is 0 Å². The Morgan fingerprint density at radius 3 is 2.63 bits per heavy atom. The van der Waals surface area contributed by atoms with Crippen LogP contribution < -0.4 is 5.32 Å². The molecule has 0 atom stereocenters. The van der Waals surface area contributed by atoms with Crippen molar-refractivity contribution in [1.82, 2.24) is 4.98 Å². The Bertz CT molecular complexity index is 482. The number of carboxylic acids is 1. The first-order valence-corrected chi connectivity index (χ1v) is 6.56. The van der Waals surface area contributed by atoms with E-state index in [1.807, 2.05) is 13.8 Å². The number of nitrogens with zero attached hydrogens (tertiary/aromatic N) is 1. The topological polar surface area (TPSA) is 82.5 Å². The standard InChI is InChI=1S/C14H20N2O3/c1-9(2)11-5-10(13(18)19)6-12(16-11)15-7-14(8-17)3-4-14/h5-6,9,17H,3-4,7-8H2,1-2H3,(H,15,16)(H,18,19). The summed E-state index contributed by atoms with van der Waals surface area (Å²) in [7, 11) is 0. The minimum atomic E-state index is -0.948. The molecule has 0 aromatic carbocycles. The highest BCUT2D eigenvalue weighted by molar-refractivity contribution is 5.88. The van der Waals surface area contributed by atoms with Gasteiger partial charge in [0.2, 0.25) is 0 Å². The van der Waals surface area contributed by atoms with Crippen LogP contribution in [0.1, 0.15) is 48.7 Å². The van der Waals surface area contributed by atoms with Crippen LogP contribution >= 0.6 is 0 Å². The number of hydrogen-bond donors (Lipinski definition) is 3.